The van der Waals surface area contributed by atoms with Crippen molar-refractivity contribution in [1.29, 1.82) is 0 Å². The summed E-state index contributed by atoms with van der Waals surface area (Å²) in [5.74, 6) is 0.983. The molecule has 1 aromatic heterocycles. The van der Waals surface area contributed by atoms with Gasteiger partial charge in [0.15, 0.2) is 5.69 Å². The third-order valence-electron chi connectivity index (χ3n) is 5.28. The number of carbonyl (C=O) groups excluding carboxylic acids is 1. The van der Waals surface area contributed by atoms with Gasteiger partial charge in [0.2, 0.25) is 0 Å². The maximum Gasteiger partial charge on any atom is 0.274 e. The van der Waals surface area contributed by atoms with E-state index in [0.717, 1.165) is 37.3 Å². The van der Waals surface area contributed by atoms with Crippen molar-refractivity contribution in [2.45, 2.75) is 57.5 Å². The first-order chi connectivity index (χ1) is 10.1. The van der Waals surface area contributed by atoms with E-state index < -0.39 is 0 Å². The predicted octanol–water partition coefficient (Wildman–Crippen LogP) is 2.83. The number of aryl methyl sites for hydroxylation is 2. The fourth-order valence-electron chi connectivity index (χ4n) is 3.91. The number of nitrogens with zero attached hydrogens (tertiary/aromatic N) is 3. The van der Waals surface area contributed by atoms with E-state index in [9.17, 15) is 4.79 Å². The number of fused-ring (bicyclic) bond motifs is 2. The standard InChI is InChI=1S/C17H23N3O/c1-11-7-16(18-19(11)2)17(21)20-14-5-6-15(20)10-13(9-14)8-12-3-4-12/h7-8,12,14-15H,3-6,9-10H2,1-2H3. The molecule has 1 aliphatic carbocycles. The van der Waals surface area contributed by atoms with Gasteiger partial charge in [-0.1, -0.05) is 11.6 Å². The number of aromatic nitrogens is 2. The summed E-state index contributed by atoms with van der Waals surface area (Å²) in [5.41, 5.74) is 3.25. The van der Waals surface area contributed by atoms with Crippen LogP contribution in [0.3, 0.4) is 0 Å². The van der Waals surface area contributed by atoms with E-state index >= 15 is 0 Å². The maximum atomic E-state index is 12.8. The average Bonchev–Trinajstić information content (AvgIpc) is 3.14. The zero-order chi connectivity index (χ0) is 14.6. The van der Waals surface area contributed by atoms with E-state index in [-0.39, 0.29) is 5.91 Å². The van der Waals surface area contributed by atoms with Crippen molar-refractivity contribution >= 4 is 5.91 Å². The Morgan fingerprint density at radius 2 is 1.90 bits per heavy atom. The van der Waals surface area contributed by atoms with Gasteiger partial charge >= 0.3 is 0 Å². The van der Waals surface area contributed by atoms with Crippen LogP contribution in [-0.4, -0.2) is 32.7 Å². The topological polar surface area (TPSA) is 38.1 Å². The molecule has 2 saturated heterocycles. The van der Waals surface area contributed by atoms with E-state index in [1.54, 1.807) is 10.3 Å². The second-order valence-electron chi connectivity index (χ2n) is 6.96. The summed E-state index contributed by atoms with van der Waals surface area (Å²) in [6.07, 6.45) is 9.73. The first-order valence-electron chi connectivity index (χ1n) is 8.14. The van der Waals surface area contributed by atoms with Crippen molar-refractivity contribution in [2.75, 3.05) is 0 Å². The molecule has 3 aliphatic rings. The molecule has 2 bridgehead atoms. The lowest BCUT2D eigenvalue weighted by Gasteiger charge is -2.36. The van der Waals surface area contributed by atoms with E-state index in [1.165, 1.54) is 12.8 Å². The highest BCUT2D eigenvalue weighted by Crippen LogP contribution is 2.41. The Morgan fingerprint density at radius 3 is 2.43 bits per heavy atom. The molecule has 2 atom stereocenters. The van der Waals surface area contributed by atoms with Crippen LogP contribution in [0.5, 0.6) is 0 Å². The molecular formula is C17H23N3O. The average molecular weight is 285 g/mol. The zero-order valence-electron chi connectivity index (χ0n) is 12.9. The molecule has 1 saturated carbocycles. The largest absolute Gasteiger partial charge is 0.331 e. The Hall–Kier alpha value is -1.58. The molecular weight excluding hydrogens is 262 g/mol. The molecule has 0 radical (unpaired) electrons. The molecule has 1 amide bonds. The normalized spacial score (nSPS) is 28.1. The monoisotopic (exact) mass is 285 g/mol. The van der Waals surface area contributed by atoms with Gasteiger partial charge in [0, 0.05) is 24.8 Å². The summed E-state index contributed by atoms with van der Waals surface area (Å²) < 4.78 is 1.79. The third kappa shape index (κ3) is 2.30. The highest BCUT2D eigenvalue weighted by Gasteiger charge is 2.42. The molecule has 3 fully saturated rings. The second kappa shape index (κ2) is 4.72. The lowest BCUT2D eigenvalue weighted by molar-refractivity contribution is 0.0627. The fourth-order valence-corrected chi connectivity index (χ4v) is 3.91. The molecule has 0 aromatic carbocycles. The maximum absolute atomic E-state index is 12.8. The van der Waals surface area contributed by atoms with Gasteiger partial charge in [0.05, 0.1) is 0 Å². The lowest BCUT2D eigenvalue weighted by atomic mass is 9.95. The van der Waals surface area contributed by atoms with Crippen molar-refractivity contribution in [3.8, 4) is 0 Å². The second-order valence-corrected chi connectivity index (χ2v) is 6.96. The van der Waals surface area contributed by atoms with E-state index in [0.29, 0.717) is 17.8 Å². The minimum Gasteiger partial charge on any atom is -0.331 e. The molecule has 0 N–H and O–H groups in total. The van der Waals surface area contributed by atoms with Gasteiger partial charge in [-0.15, -0.1) is 0 Å². The number of amides is 1. The minimum atomic E-state index is 0.136. The van der Waals surface area contributed by atoms with Crippen molar-refractivity contribution < 1.29 is 4.79 Å². The molecule has 0 spiro atoms. The number of hydrogen-bond donors (Lipinski definition) is 0. The summed E-state index contributed by atoms with van der Waals surface area (Å²) in [4.78, 5) is 14.9. The Morgan fingerprint density at radius 1 is 1.24 bits per heavy atom. The van der Waals surface area contributed by atoms with Gasteiger partial charge in [0.1, 0.15) is 0 Å². The van der Waals surface area contributed by atoms with Crippen LogP contribution in [0.1, 0.15) is 54.7 Å². The SMILES string of the molecule is Cc1cc(C(=O)N2C3CCC2CC(=CC2CC2)C3)nn1C. The van der Waals surface area contributed by atoms with Gasteiger partial charge in [-0.05, 0) is 57.4 Å². The highest BCUT2D eigenvalue weighted by molar-refractivity contribution is 5.93. The molecule has 4 nitrogen and oxygen atoms in total. The van der Waals surface area contributed by atoms with Gasteiger partial charge in [-0.3, -0.25) is 9.48 Å². The van der Waals surface area contributed by atoms with Crippen LogP contribution in [0.25, 0.3) is 0 Å². The van der Waals surface area contributed by atoms with Crippen molar-refractivity contribution in [1.82, 2.24) is 14.7 Å². The summed E-state index contributed by atoms with van der Waals surface area (Å²) in [5, 5.41) is 4.37. The molecule has 3 heterocycles. The summed E-state index contributed by atoms with van der Waals surface area (Å²) in [6, 6.07) is 2.73. The van der Waals surface area contributed by atoms with Gasteiger partial charge < -0.3 is 4.90 Å². The van der Waals surface area contributed by atoms with Crippen LogP contribution in [-0.2, 0) is 7.05 Å². The van der Waals surface area contributed by atoms with Crippen LogP contribution in [0, 0.1) is 12.8 Å². The molecule has 21 heavy (non-hydrogen) atoms. The van der Waals surface area contributed by atoms with E-state index in [1.807, 2.05) is 20.0 Å². The minimum absolute atomic E-state index is 0.136. The fraction of sp³-hybridized carbons (Fsp3) is 0.647. The van der Waals surface area contributed by atoms with Gasteiger partial charge in [-0.25, -0.2) is 0 Å². The predicted molar refractivity (Wildman–Crippen MR) is 81.0 cm³/mol. The number of allylic oxidation sites excluding steroid dienone is 1. The number of rotatable bonds is 2. The molecule has 2 aliphatic heterocycles. The Labute approximate surface area is 125 Å². The van der Waals surface area contributed by atoms with Crippen molar-refractivity contribution in [3.05, 3.63) is 29.1 Å². The quantitative estimate of drug-likeness (QED) is 0.784. The van der Waals surface area contributed by atoms with Gasteiger partial charge in [0.25, 0.3) is 5.91 Å². The van der Waals surface area contributed by atoms with Crippen molar-refractivity contribution in [2.24, 2.45) is 13.0 Å². The summed E-state index contributed by atoms with van der Waals surface area (Å²) >= 11 is 0. The molecule has 4 heteroatoms. The Balaban J connectivity index is 1.55. The highest BCUT2D eigenvalue weighted by atomic mass is 16.2. The number of hydrogen-bond acceptors (Lipinski definition) is 2. The van der Waals surface area contributed by atoms with E-state index in [4.69, 9.17) is 0 Å². The smallest absolute Gasteiger partial charge is 0.274 e. The summed E-state index contributed by atoms with van der Waals surface area (Å²) in [6.45, 7) is 1.99. The van der Waals surface area contributed by atoms with Gasteiger partial charge in [-0.2, -0.15) is 5.10 Å². The van der Waals surface area contributed by atoms with Crippen LogP contribution < -0.4 is 0 Å². The summed E-state index contributed by atoms with van der Waals surface area (Å²) in [7, 11) is 1.90. The Bertz CT molecular complexity index is 576. The first kappa shape index (κ1) is 13.1. The van der Waals surface area contributed by atoms with Crippen LogP contribution >= 0.6 is 0 Å². The van der Waals surface area contributed by atoms with E-state index in [2.05, 4.69) is 16.1 Å². The molecule has 4 rings (SSSR count). The molecule has 1 aromatic rings. The van der Waals surface area contributed by atoms with Crippen LogP contribution in [0.15, 0.2) is 17.7 Å². The van der Waals surface area contributed by atoms with Crippen LogP contribution in [0.2, 0.25) is 0 Å². The molecule has 2 unspecified atom stereocenters. The Kier molecular flexibility index (Phi) is 2.95. The lowest BCUT2D eigenvalue weighted by Crippen LogP contribution is -2.44. The van der Waals surface area contributed by atoms with Crippen LogP contribution in [0.4, 0.5) is 0 Å². The first-order valence-corrected chi connectivity index (χ1v) is 8.14. The number of piperidine rings is 1. The number of carbonyl (C=O) groups is 1. The van der Waals surface area contributed by atoms with Crippen molar-refractivity contribution in [3.63, 3.8) is 0 Å². The zero-order valence-corrected chi connectivity index (χ0v) is 12.9. The molecule has 112 valence electrons. The third-order valence-corrected chi connectivity index (χ3v) is 5.28.